The summed E-state index contributed by atoms with van der Waals surface area (Å²) in [5.41, 5.74) is 8.93. The zero-order chi connectivity index (χ0) is 29.1. The van der Waals surface area contributed by atoms with Gasteiger partial charge in [0.15, 0.2) is 4.80 Å². The van der Waals surface area contributed by atoms with Crippen LogP contribution in [0.5, 0.6) is 0 Å². The van der Waals surface area contributed by atoms with Crippen LogP contribution in [0.1, 0.15) is 46.1 Å². The average molecular weight is 685 g/mol. The van der Waals surface area contributed by atoms with Crippen LogP contribution in [-0.4, -0.2) is 14.1 Å². The molecule has 0 saturated carbocycles. The molecule has 7 rings (SSSR count). The van der Waals surface area contributed by atoms with Gasteiger partial charge in [0, 0.05) is 38.3 Å². The second-order valence-corrected chi connectivity index (χ2v) is 12.9. The molecular weight excluding hydrogens is 659 g/mol. The summed E-state index contributed by atoms with van der Waals surface area (Å²) in [7, 11) is 0. The SMILES string of the molecule is Cc1cc(/C=c2/sc3n(c2=O)C(c2cccc([N+](=O)[O-])c2)C2=C(N=3)c3ccccc3CC2)c(C)n1-c1ccc(I)cc1. The Kier molecular flexibility index (Phi) is 6.58. The van der Waals surface area contributed by atoms with Crippen LogP contribution in [0.4, 0.5) is 5.69 Å². The molecule has 2 aromatic heterocycles. The maximum atomic E-state index is 14.2. The summed E-state index contributed by atoms with van der Waals surface area (Å²) in [4.78, 5) is 31.1. The molecule has 3 aromatic carbocycles. The van der Waals surface area contributed by atoms with Crippen LogP contribution in [0.2, 0.25) is 0 Å². The minimum atomic E-state index is -0.467. The molecule has 0 N–H and O–H groups in total. The number of hydrogen-bond donors (Lipinski definition) is 0. The van der Waals surface area contributed by atoms with Crippen molar-refractivity contribution in [3.8, 4) is 5.69 Å². The Morgan fingerprint density at radius 1 is 1.02 bits per heavy atom. The van der Waals surface area contributed by atoms with Crippen LogP contribution in [0.3, 0.4) is 0 Å². The van der Waals surface area contributed by atoms with Crippen LogP contribution >= 0.6 is 33.9 Å². The van der Waals surface area contributed by atoms with Gasteiger partial charge in [0.1, 0.15) is 0 Å². The van der Waals surface area contributed by atoms with Gasteiger partial charge >= 0.3 is 0 Å². The van der Waals surface area contributed by atoms with E-state index in [4.69, 9.17) is 4.99 Å². The van der Waals surface area contributed by atoms with Gasteiger partial charge in [0.25, 0.3) is 11.2 Å². The molecule has 1 aliphatic carbocycles. The number of non-ortho nitro benzene ring substituents is 1. The Hall–Kier alpha value is -4.09. The molecule has 3 heterocycles. The van der Waals surface area contributed by atoms with Crippen molar-refractivity contribution in [1.82, 2.24) is 9.13 Å². The van der Waals surface area contributed by atoms with E-state index in [9.17, 15) is 14.9 Å². The molecule has 0 bridgehead atoms. The summed E-state index contributed by atoms with van der Waals surface area (Å²) in [5.74, 6) is 0. The third-order valence-corrected chi connectivity index (χ3v) is 9.81. The van der Waals surface area contributed by atoms with E-state index in [1.807, 2.05) is 24.3 Å². The monoisotopic (exact) mass is 684 g/mol. The van der Waals surface area contributed by atoms with E-state index >= 15 is 0 Å². The lowest BCUT2D eigenvalue weighted by molar-refractivity contribution is -0.384. The summed E-state index contributed by atoms with van der Waals surface area (Å²) >= 11 is 3.67. The number of halogens is 1. The number of hydrogen-bond acceptors (Lipinski definition) is 5. The van der Waals surface area contributed by atoms with Gasteiger partial charge in [-0.2, -0.15) is 0 Å². The highest BCUT2D eigenvalue weighted by atomic mass is 127. The van der Waals surface area contributed by atoms with Crippen LogP contribution in [0, 0.1) is 27.5 Å². The smallest absolute Gasteiger partial charge is 0.271 e. The van der Waals surface area contributed by atoms with Crippen molar-refractivity contribution in [2.45, 2.75) is 32.7 Å². The van der Waals surface area contributed by atoms with Crippen molar-refractivity contribution in [2.75, 3.05) is 0 Å². The molecule has 0 saturated heterocycles. The number of fused-ring (bicyclic) bond motifs is 3. The molecule has 2 aliphatic rings. The summed E-state index contributed by atoms with van der Waals surface area (Å²) < 4.78 is 5.69. The fourth-order valence-corrected chi connectivity index (χ4v) is 7.54. The molecule has 1 aliphatic heterocycles. The quantitative estimate of drug-likeness (QED) is 0.128. The molecule has 1 unspecified atom stereocenters. The van der Waals surface area contributed by atoms with E-state index in [2.05, 4.69) is 83.5 Å². The zero-order valence-electron chi connectivity index (χ0n) is 22.9. The number of nitro benzene ring substituents is 1. The average Bonchev–Trinajstić information content (AvgIpc) is 3.45. The number of allylic oxidation sites excluding steroid dienone is 1. The van der Waals surface area contributed by atoms with Gasteiger partial charge in [-0.3, -0.25) is 19.5 Å². The first-order valence-electron chi connectivity index (χ1n) is 13.6. The van der Waals surface area contributed by atoms with Gasteiger partial charge < -0.3 is 4.57 Å². The largest absolute Gasteiger partial charge is 0.318 e. The van der Waals surface area contributed by atoms with Gasteiger partial charge in [-0.05, 0) is 108 Å². The molecule has 0 spiro atoms. The minimum Gasteiger partial charge on any atom is -0.318 e. The molecule has 7 nitrogen and oxygen atoms in total. The number of rotatable bonds is 4. The van der Waals surface area contributed by atoms with Crippen LogP contribution in [0.15, 0.2) is 94.2 Å². The fourth-order valence-electron chi connectivity index (χ4n) is 6.19. The van der Waals surface area contributed by atoms with E-state index in [0.717, 1.165) is 57.9 Å². The summed E-state index contributed by atoms with van der Waals surface area (Å²) in [6, 6.07) is 24.9. The second-order valence-electron chi connectivity index (χ2n) is 10.6. The highest BCUT2D eigenvalue weighted by Gasteiger charge is 2.33. The number of thiazole rings is 1. The third kappa shape index (κ3) is 4.38. The van der Waals surface area contributed by atoms with E-state index < -0.39 is 6.04 Å². The molecule has 208 valence electrons. The summed E-state index contributed by atoms with van der Waals surface area (Å²) in [6.07, 6.45) is 3.51. The number of benzene rings is 3. The Morgan fingerprint density at radius 2 is 1.81 bits per heavy atom. The second kappa shape index (κ2) is 10.3. The molecule has 1 atom stereocenters. The molecular formula is C33H25IN4O3S. The first-order chi connectivity index (χ1) is 20.3. The Bertz CT molecular complexity index is 2140. The molecule has 0 amide bonds. The minimum absolute atomic E-state index is 0.00743. The van der Waals surface area contributed by atoms with Crippen LogP contribution < -0.4 is 14.9 Å². The maximum absolute atomic E-state index is 14.2. The predicted octanol–water partition coefficient (Wildman–Crippen LogP) is 6.24. The fraction of sp³-hybridized carbons (Fsp3) is 0.152. The van der Waals surface area contributed by atoms with Gasteiger partial charge in [0.2, 0.25) is 0 Å². The lowest BCUT2D eigenvalue weighted by Crippen LogP contribution is -2.38. The van der Waals surface area contributed by atoms with Gasteiger partial charge in [-0.25, -0.2) is 4.99 Å². The van der Waals surface area contributed by atoms with Crippen molar-refractivity contribution in [1.29, 1.82) is 0 Å². The normalized spacial score (nSPS) is 16.1. The maximum Gasteiger partial charge on any atom is 0.271 e. The van der Waals surface area contributed by atoms with Crippen LogP contribution in [0.25, 0.3) is 17.5 Å². The van der Waals surface area contributed by atoms with Crippen molar-refractivity contribution in [3.63, 3.8) is 0 Å². The molecule has 5 aromatic rings. The summed E-state index contributed by atoms with van der Waals surface area (Å²) in [6.45, 7) is 4.13. The van der Waals surface area contributed by atoms with Crippen LogP contribution in [-0.2, 0) is 6.42 Å². The molecule has 0 radical (unpaired) electrons. The predicted molar refractivity (Wildman–Crippen MR) is 174 cm³/mol. The van der Waals surface area contributed by atoms with Gasteiger partial charge in [0.05, 0.1) is 21.2 Å². The molecule has 42 heavy (non-hydrogen) atoms. The zero-order valence-corrected chi connectivity index (χ0v) is 25.8. The molecule has 0 fully saturated rings. The van der Waals surface area contributed by atoms with Gasteiger partial charge in [-0.15, -0.1) is 0 Å². The highest BCUT2D eigenvalue weighted by molar-refractivity contribution is 14.1. The first kappa shape index (κ1) is 26.8. The Labute approximate surface area is 259 Å². The third-order valence-electron chi connectivity index (χ3n) is 8.11. The number of aromatic nitrogens is 2. The van der Waals surface area contributed by atoms with E-state index in [1.165, 1.54) is 26.5 Å². The van der Waals surface area contributed by atoms with Gasteiger partial charge in [-0.1, -0.05) is 47.7 Å². The Balaban J connectivity index is 1.44. The van der Waals surface area contributed by atoms with Crippen molar-refractivity contribution < 1.29 is 4.92 Å². The first-order valence-corrected chi connectivity index (χ1v) is 15.5. The topological polar surface area (TPSA) is 82.4 Å². The van der Waals surface area contributed by atoms with Crippen molar-refractivity contribution in [2.24, 2.45) is 4.99 Å². The number of aryl methyl sites for hydroxylation is 2. The lowest BCUT2D eigenvalue weighted by atomic mass is 9.83. The van der Waals surface area contributed by atoms with Crippen molar-refractivity contribution in [3.05, 3.63) is 151 Å². The van der Waals surface area contributed by atoms with E-state index in [-0.39, 0.29) is 16.2 Å². The summed E-state index contributed by atoms with van der Waals surface area (Å²) in [5, 5.41) is 11.7. The number of nitrogens with zero attached hydrogens (tertiary/aromatic N) is 4. The van der Waals surface area contributed by atoms with E-state index in [0.29, 0.717) is 9.33 Å². The highest BCUT2D eigenvalue weighted by Crippen LogP contribution is 2.41. The van der Waals surface area contributed by atoms with Crippen molar-refractivity contribution >= 4 is 51.4 Å². The lowest BCUT2D eigenvalue weighted by Gasteiger charge is -2.30. The van der Waals surface area contributed by atoms with E-state index in [1.54, 1.807) is 16.7 Å². The standard InChI is InChI=1S/C33H25IN4O3S/c1-19-16-23(20(2)36(19)25-13-11-24(34)12-14-25)18-29-32(39)37-31(22-7-5-8-26(17-22)38(40)41)28-15-10-21-6-3-4-9-27(21)30(28)35-33(37)42-29/h3-9,11-14,16-18,31H,10,15H2,1-2H3/b29-18+. The Morgan fingerprint density at radius 3 is 2.60 bits per heavy atom. The number of nitro groups is 1. The molecule has 9 heteroatoms.